The molecule has 0 unspecified atom stereocenters. The Hall–Kier alpha value is -1.76. The fraction of sp³-hybridized carbons (Fsp3) is 0.364. The van der Waals surface area contributed by atoms with Crippen molar-refractivity contribution in [2.75, 3.05) is 37.1 Å². The Morgan fingerprint density at radius 1 is 1.39 bits per heavy atom. The molecule has 0 radical (unpaired) electrons. The Morgan fingerprint density at radius 3 is 2.44 bits per heavy atom. The number of benzene rings is 1. The number of sulfonamides is 1. The van der Waals surface area contributed by atoms with Crippen molar-refractivity contribution < 1.29 is 17.9 Å². The van der Waals surface area contributed by atoms with Gasteiger partial charge in [0.2, 0.25) is 10.0 Å². The lowest BCUT2D eigenvalue weighted by Gasteiger charge is -2.20. The van der Waals surface area contributed by atoms with Crippen molar-refractivity contribution >= 4 is 27.4 Å². The predicted molar refractivity (Wildman–Crippen MR) is 70.6 cm³/mol. The summed E-state index contributed by atoms with van der Waals surface area (Å²) in [5.74, 6) is -0.586. The highest BCUT2D eigenvalue weighted by Gasteiger charge is 2.20. The Kier molecular flexibility index (Phi) is 4.18. The number of nitrogens with one attached hydrogen (secondary N) is 1. The standard InChI is InChI=1S/C11H16N2O4S/c1-12-8-5-6-10(13(2)18(4,15)16)9(7-8)11(14)17-3/h5-7,12H,1-4H3. The normalized spacial score (nSPS) is 10.9. The SMILES string of the molecule is CNc1ccc(N(C)S(C)(=O)=O)c(C(=O)OC)c1. The minimum Gasteiger partial charge on any atom is -0.465 e. The molecule has 18 heavy (non-hydrogen) atoms. The van der Waals surface area contributed by atoms with Gasteiger partial charge in [-0.3, -0.25) is 4.31 Å². The second-order valence-corrected chi connectivity index (χ2v) is 5.72. The Balaban J connectivity index is 3.39. The Morgan fingerprint density at radius 2 is 2.00 bits per heavy atom. The molecule has 0 aromatic heterocycles. The topological polar surface area (TPSA) is 75.7 Å². The molecule has 0 saturated carbocycles. The van der Waals surface area contributed by atoms with Gasteiger partial charge in [0.25, 0.3) is 0 Å². The molecule has 0 heterocycles. The molecule has 100 valence electrons. The van der Waals surface area contributed by atoms with Crippen molar-refractivity contribution in [3.63, 3.8) is 0 Å². The maximum Gasteiger partial charge on any atom is 0.340 e. The van der Waals surface area contributed by atoms with Gasteiger partial charge >= 0.3 is 5.97 Å². The number of nitrogens with zero attached hydrogens (tertiary/aromatic N) is 1. The van der Waals surface area contributed by atoms with E-state index in [0.29, 0.717) is 5.69 Å². The van der Waals surface area contributed by atoms with Gasteiger partial charge in [0.05, 0.1) is 24.6 Å². The van der Waals surface area contributed by atoms with E-state index in [9.17, 15) is 13.2 Å². The van der Waals surface area contributed by atoms with Crippen LogP contribution >= 0.6 is 0 Å². The van der Waals surface area contributed by atoms with Crippen LogP contribution in [0.2, 0.25) is 0 Å². The number of carbonyl (C=O) groups excluding carboxylic acids is 1. The van der Waals surface area contributed by atoms with E-state index in [2.05, 4.69) is 10.1 Å². The summed E-state index contributed by atoms with van der Waals surface area (Å²) in [7, 11) is 0.904. The average molecular weight is 272 g/mol. The summed E-state index contributed by atoms with van der Waals surface area (Å²) in [4.78, 5) is 11.7. The third-order valence-electron chi connectivity index (χ3n) is 2.53. The maximum absolute atomic E-state index is 11.7. The van der Waals surface area contributed by atoms with Gasteiger partial charge in [-0.1, -0.05) is 0 Å². The van der Waals surface area contributed by atoms with E-state index >= 15 is 0 Å². The van der Waals surface area contributed by atoms with Gasteiger partial charge in [0.15, 0.2) is 0 Å². The van der Waals surface area contributed by atoms with Gasteiger partial charge in [-0.25, -0.2) is 13.2 Å². The highest BCUT2D eigenvalue weighted by molar-refractivity contribution is 7.92. The molecule has 1 aromatic rings. The summed E-state index contributed by atoms with van der Waals surface area (Å²) >= 11 is 0. The molecule has 1 aromatic carbocycles. The molecule has 0 bridgehead atoms. The zero-order chi connectivity index (χ0) is 13.9. The molecule has 0 aliphatic heterocycles. The highest BCUT2D eigenvalue weighted by atomic mass is 32.2. The van der Waals surface area contributed by atoms with E-state index in [0.717, 1.165) is 10.6 Å². The number of methoxy groups -OCH3 is 1. The van der Waals surface area contributed by atoms with Gasteiger partial charge in [-0.2, -0.15) is 0 Å². The lowest BCUT2D eigenvalue weighted by atomic mass is 10.1. The zero-order valence-corrected chi connectivity index (χ0v) is 11.5. The molecule has 0 fully saturated rings. The van der Waals surface area contributed by atoms with Crippen LogP contribution in [0.5, 0.6) is 0 Å². The van der Waals surface area contributed by atoms with Crippen LogP contribution < -0.4 is 9.62 Å². The van der Waals surface area contributed by atoms with Gasteiger partial charge in [-0.15, -0.1) is 0 Å². The molecule has 0 spiro atoms. The number of hydrogen-bond donors (Lipinski definition) is 1. The van der Waals surface area contributed by atoms with E-state index in [1.807, 2.05) is 0 Å². The third-order valence-corrected chi connectivity index (χ3v) is 3.72. The van der Waals surface area contributed by atoms with Crippen LogP contribution in [0.1, 0.15) is 10.4 Å². The lowest BCUT2D eigenvalue weighted by Crippen LogP contribution is -2.26. The number of hydrogen-bond acceptors (Lipinski definition) is 5. The fourth-order valence-corrected chi connectivity index (χ4v) is 1.93. The van der Waals surface area contributed by atoms with Crippen molar-refractivity contribution in [1.82, 2.24) is 0 Å². The van der Waals surface area contributed by atoms with Crippen LogP contribution in [0.4, 0.5) is 11.4 Å². The molecular weight excluding hydrogens is 256 g/mol. The molecule has 1 rings (SSSR count). The van der Waals surface area contributed by atoms with Crippen molar-refractivity contribution in [2.24, 2.45) is 0 Å². The summed E-state index contributed by atoms with van der Waals surface area (Å²) in [6.45, 7) is 0. The van der Waals surface area contributed by atoms with Crippen molar-refractivity contribution in [3.05, 3.63) is 23.8 Å². The summed E-state index contributed by atoms with van der Waals surface area (Å²) in [5.41, 5.74) is 1.17. The van der Waals surface area contributed by atoms with E-state index in [1.54, 1.807) is 25.2 Å². The summed E-state index contributed by atoms with van der Waals surface area (Å²) < 4.78 is 28.7. The molecule has 0 aliphatic rings. The molecule has 0 aliphatic carbocycles. The molecule has 0 saturated heterocycles. The highest BCUT2D eigenvalue weighted by Crippen LogP contribution is 2.25. The second-order valence-electron chi connectivity index (χ2n) is 3.70. The third kappa shape index (κ3) is 2.92. The fourth-order valence-electron chi connectivity index (χ4n) is 1.42. The molecular formula is C11H16N2O4S. The van der Waals surface area contributed by atoms with E-state index in [-0.39, 0.29) is 11.3 Å². The van der Waals surface area contributed by atoms with Crippen LogP contribution in [-0.4, -0.2) is 41.8 Å². The quantitative estimate of drug-likeness (QED) is 0.825. The summed E-state index contributed by atoms with van der Waals surface area (Å²) in [6.07, 6.45) is 1.07. The predicted octanol–water partition coefficient (Wildman–Crippen LogP) is 0.911. The number of rotatable bonds is 4. The minimum atomic E-state index is -3.43. The van der Waals surface area contributed by atoms with E-state index < -0.39 is 16.0 Å². The number of ether oxygens (including phenoxy) is 1. The van der Waals surface area contributed by atoms with Crippen LogP contribution in [-0.2, 0) is 14.8 Å². The lowest BCUT2D eigenvalue weighted by molar-refractivity contribution is 0.0601. The van der Waals surface area contributed by atoms with Gasteiger partial charge in [-0.05, 0) is 18.2 Å². The monoisotopic (exact) mass is 272 g/mol. The largest absolute Gasteiger partial charge is 0.465 e. The van der Waals surface area contributed by atoms with Crippen LogP contribution in [0.15, 0.2) is 18.2 Å². The first-order chi connectivity index (χ1) is 8.31. The van der Waals surface area contributed by atoms with Gasteiger partial charge in [0, 0.05) is 19.8 Å². The zero-order valence-electron chi connectivity index (χ0n) is 10.7. The Labute approximate surface area is 107 Å². The van der Waals surface area contributed by atoms with Gasteiger partial charge in [0.1, 0.15) is 0 Å². The van der Waals surface area contributed by atoms with Crippen LogP contribution in [0.25, 0.3) is 0 Å². The summed E-state index contributed by atoms with van der Waals surface area (Å²) in [5, 5.41) is 2.88. The molecule has 0 atom stereocenters. The van der Waals surface area contributed by atoms with Gasteiger partial charge < -0.3 is 10.1 Å². The smallest absolute Gasteiger partial charge is 0.340 e. The maximum atomic E-state index is 11.7. The minimum absolute atomic E-state index is 0.192. The molecule has 1 N–H and O–H groups in total. The molecule has 7 heteroatoms. The molecule has 6 nitrogen and oxygen atoms in total. The summed E-state index contributed by atoms with van der Waals surface area (Å²) in [6, 6.07) is 4.78. The number of esters is 1. The van der Waals surface area contributed by atoms with Crippen molar-refractivity contribution in [3.8, 4) is 0 Å². The average Bonchev–Trinajstić information content (AvgIpc) is 2.35. The van der Waals surface area contributed by atoms with Crippen LogP contribution in [0, 0.1) is 0 Å². The number of anilines is 2. The van der Waals surface area contributed by atoms with Crippen molar-refractivity contribution in [1.29, 1.82) is 0 Å². The number of carbonyl (C=O) groups is 1. The van der Waals surface area contributed by atoms with Crippen LogP contribution in [0.3, 0.4) is 0 Å². The van der Waals surface area contributed by atoms with E-state index in [1.165, 1.54) is 14.2 Å². The second kappa shape index (κ2) is 5.26. The first-order valence-electron chi connectivity index (χ1n) is 5.15. The Bertz CT molecular complexity index is 554. The molecule has 0 amide bonds. The first kappa shape index (κ1) is 14.3. The van der Waals surface area contributed by atoms with E-state index in [4.69, 9.17) is 0 Å². The first-order valence-corrected chi connectivity index (χ1v) is 7.00. The van der Waals surface area contributed by atoms with Crippen molar-refractivity contribution in [2.45, 2.75) is 0 Å².